The fraction of sp³-hybridized carbons (Fsp3) is 0.375. The number of hydrogen-bond donors (Lipinski definition) is 2. The summed E-state index contributed by atoms with van der Waals surface area (Å²) in [6.45, 7) is 2.73. The third-order valence-corrected chi connectivity index (χ3v) is 3.23. The fourth-order valence-corrected chi connectivity index (χ4v) is 2.07. The molecular formula is C16H21N3O4. The quantitative estimate of drug-likeness (QED) is 0.816. The van der Waals surface area contributed by atoms with Gasteiger partial charge in [0.25, 0.3) is 0 Å². The van der Waals surface area contributed by atoms with Gasteiger partial charge in [0.15, 0.2) is 11.5 Å². The average molecular weight is 319 g/mol. The average Bonchev–Trinajstić information content (AvgIpc) is 2.98. The third kappa shape index (κ3) is 4.91. The molecule has 124 valence electrons. The standard InChI is InChI=1S/C16H21N3O4/c1-11-8-13(23-19-11)6-7-17-16(20)18-10-12-4-5-14(21-2)15(9-12)22-3/h4-5,8-9H,6-7,10H2,1-3H3,(H2,17,18,20). The van der Waals surface area contributed by atoms with Crippen LogP contribution in [0, 0.1) is 6.92 Å². The summed E-state index contributed by atoms with van der Waals surface area (Å²) in [5, 5.41) is 9.35. The first kappa shape index (κ1) is 16.7. The zero-order valence-electron chi connectivity index (χ0n) is 13.5. The molecule has 0 saturated carbocycles. The van der Waals surface area contributed by atoms with E-state index in [0.717, 1.165) is 17.0 Å². The van der Waals surface area contributed by atoms with Crippen molar-refractivity contribution in [2.75, 3.05) is 20.8 Å². The number of benzene rings is 1. The summed E-state index contributed by atoms with van der Waals surface area (Å²) in [5.74, 6) is 2.04. The molecule has 0 aliphatic heterocycles. The third-order valence-electron chi connectivity index (χ3n) is 3.23. The highest BCUT2D eigenvalue weighted by Gasteiger charge is 2.06. The molecule has 7 nitrogen and oxygen atoms in total. The zero-order valence-corrected chi connectivity index (χ0v) is 13.5. The number of methoxy groups -OCH3 is 2. The lowest BCUT2D eigenvalue weighted by Crippen LogP contribution is -2.36. The second-order valence-electron chi connectivity index (χ2n) is 4.98. The molecule has 2 N–H and O–H groups in total. The molecule has 0 atom stereocenters. The number of aryl methyl sites for hydroxylation is 1. The highest BCUT2D eigenvalue weighted by atomic mass is 16.5. The molecule has 0 radical (unpaired) electrons. The van der Waals surface area contributed by atoms with Crippen molar-refractivity contribution in [3.05, 3.63) is 41.3 Å². The predicted molar refractivity (Wildman–Crippen MR) is 84.7 cm³/mol. The van der Waals surface area contributed by atoms with Gasteiger partial charge in [0.1, 0.15) is 5.76 Å². The van der Waals surface area contributed by atoms with Crippen molar-refractivity contribution in [3.8, 4) is 11.5 Å². The molecule has 0 aliphatic carbocycles. The molecule has 1 aromatic carbocycles. The fourth-order valence-electron chi connectivity index (χ4n) is 2.07. The molecule has 2 amide bonds. The van der Waals surface area contributed by atoms with Crippen LogP contribution < -0.4 is 20.1 Å². The van der Waals surface area contributed by atoms with Gasteiger partial charge >= 0.3 is 6.03 Å². The largest absolute Gasteiger partial charge is 0.493 e. The minimum Gasteiger partial charge on any atom is -0.493 e. The lowest BCUT2D eigenvalue weighted by atomic mass is 10.2. The number of aromatic nitrogens is 1. The van der Waals surface area contributed by atoms with Crippen molar-refractivity contribution in [1.29, 1.82) is 0 Å². The number of rotatable bonds is 7. The Morgan fingerprint density at radius 3 is 2.61 bits per heavy atom. The maximum absolute atomic E-state index is 11.8. The number of carbonyl (C=O) groups excluding carboxylic acids is 1. The molecule has 1 heterocycles. The lowest BCUT2D eigenvalue weighted by molar-refractivity contribution is 0.240. The van der Waals surface area contributed by atoms with Gasteiger partial charge in [-0.25, -0.2) is 4.79 Å². The number of amides is 2. The lowest BCUT2D eigenvalue weighted by Gasteiger charge is -2.10. The highest BCUT2D eigenvalue weighted by Crippen LogP contribution is 2.27. The van der Waals surface area contributed by atoms with Crippen LogP contribution in [-0.4, -0.2) is 32.0 Å². The van der Waals surface area contributed by atoms with E-state index in [4.69, 9.17) is 14.0 Å². The molecular weight excluding hydrogens is 298 g/mol. The smallest absolute Gasteiger partial charge is 0.315 e. The van der Waals surface area contributed by atoms with E-state index < -0.39 is 0 Å². The summed E-state index contributed by atoms with van der Waals surface area (Å²) in [6, 6.07) is 7.12. The van der Waals surface area contributed by atoms with Crippen LogP contribution in [0.15, 0.2) is 28.8 Å². The van der Waals surface area contributed by atoms with E-state index in [1.54, 1.807) is 20.3 Å². The molecule has 0 spiro atoms. The van der Waals surface area contributed by atoms with Crippen molar-refractivity contribution in [2.45, 2.75) is 19.9 Å². The first-order valence-corrected chi connectivity index (χ1v) is 7.27. The Balaban J connectivity index is 1.75. The van der Waals surface area contributed by atoms with Crippen molar-refractivity contribution in [3.63, 3.8) is 0 Å². The van der Waals surface area contributed by atoms with E-state index in [2.05, 4.69) is 15.8 Å². The Hall–Kier alpha value is -2.70. The van der Waals surface area contributed by atoms with E-state index in [-0.39, 0.29) is 6.03 Å². The first-order chi connectivity index (χ1) is 11.1. The number of ether oxygens (including phenoxy) is 2. The summed E-state index contributed by atoms with van der Waals surface area (Å²) in [6.07, 6.45) is 0.602. The van der Waals surface area contributed by atoms with Gasteiger partial charge in [-0.3, -0.25) is 0 Å². The zero-order chi connectivity index (χ0) is 16.7. The maximum atomic E-state index is 11.8. The van der Waals surface area contributed by atoms with E-state index >= 15 is 0 Å². The Labute approximate surface area is 134 Å². The van der Waals surface area contributed by atoms with Crippen LogP contribution >= 0.6 is 0 Å². The molecule has 0 saturated heterocycles. The van der Waals surface area contributed by atoms with Crippen LogP contribution in [-0.2, 0) is 13.0 Å². The van der Waals surface area contributed by atoms with Gasteiger partial charge in [0, 0.05) is 25.6 Å². The number of hydrogen-bond acceptors (Lipinski definition) is 5. The Bertz CT molecular complexity index is 655. The Kier molecular flexibility index (Phi) is 5.85. The molecule has 1 aromatic heterocycles. The molecule has 0 fully saturated rings. The van der Waals surface area contributed by atoms with E-state index in [1.165, 1.54) is 0 Å². The van der Waals surface area contributed by atoms with Gasteiger partial charge in [-0.1, -0.05) is 11.2 Å². The molecule has 0 unspecified atom stereocenters. The molecule has 7 heteroatoms. The number of urea groups is 1. The highest BCUT2D eigenvalue weighted by molar-refractivity contribution is 5.73. The van der Waals surface area contributed by atoms with E-state index in [1.807, 2.05) is 25.1 Å². The Morgan fingerprint density at radius 2 is 1.96 bits per heavy atom. The van der Waals surface area contributed by atoms with Crippen LogP contribution in [0.4, 0.5) is 4.79 Å². The van der Waals surface area contributed by atoms with Gasteiger partial charge in [0.2, 0.25) is 0 Å². The summed E-state index contributed by atoms with van der Waals surface area (Å²) >= 11 is 0. The molecule has 2 aromatic rings. The summed E-state index contributed by atoms with van der Waals surface area (Å²) in [7, 11) is 3.16. The molecule has 0 bridgehead atoms. The summed E-state index contributed by atoms with van der Waals surface area (Å²) in [5.41, 5.74) is 1.75. The van der Waals surface area contributed by atoms with E-state index in [9.17, 15) is 4.79 Å². The van der Waals surface area contributed by atoms with Crippen molar-refractivity contribution < 1.29 is 18.8 Å². The first-order valence-electron chi connectivity index (χ1n) is 7.27. The van der Waals surface area contributed by atoms with Crippen molar-refractivity contribution in [1.82, 2.24) is 15.8 Å². The normalized spacial score (nSPS) is 10.2. The maximum Gasteiger partial charge on any atom is 0.315 e. The van der Waals surface area contributed by atoms with Crippen LogP contribution in [0.25, 0.3) is 0 Å². The monoisotopic (exact) mass is 319 g/mol. The van der Waals surface area contributed by atoms with Gasteiger partial charge in [-0.15, -0.1) is 0 Å². The number of nitrogens with zero attached hydrogens (tertiary/aromatic N) is 1. The SMILES string of the molecule is COc1ccc(CNC(=O)NCCc2cc(C)no2)cc1OC. The van der Waals surface area contributed by atoms with Crippen LogP contribution in [0.3, 0.4) is 0 Å². The summed E-state index contributed by atoms with van der Waals surface area (Å²) < 4.78 is 15.5. The molecule has 0 aliphatic rings. The van der Waals surface area contributed by atoms with Gasteiger partial charge in [-0.2, -0.15) is 0 Å². The molecule has 23 heavy (non-hydrogen) atoms. The van der Waals surface area contributed by atoms with E-state index in [0.29, 0.717) is 31.0 Å². The van der Waals surface area contributed by atoms with Crippen molar-refractivity contribution >= 4 is 6.03 Å². The van der Waals surface area contributed by atoms with Gasteiger partial charge in [-0.05, 0) is 24.6 Å². The van der Waals surface area contributed by atoms with Crippen molar-refractivity contribution in [2.24, 2.45) is 0 Å². The van der Waals surface area contributed by atoms with Crippen LogP contribution in [0.5, 0.6) is 11.5 Å². The minimum atomic E-state index is -0.240. The number of nitrogens with one attached hydrogen (secondary N) is 2. The van der Waals surface area contributed by atoms with Crippen LogP contribution in [0.1, 0.15) is 17.0 Å². The second kappa shape index (κ2) is 8.07. The van der Waals surface area contributed by atoms with Crippen LogP contribution in [0.2, 0.25) is 0 Å². The predicted octanol–water partition coefficient (Wildman–Crippen LogP) is 2.04. The second-order valence-corrected chi connectivity index (χ2v) is 4.98. The Morgan fingerprint density at radius 1 is 1.17 bits per heavy atom. The minimum absolute atomic E-state index is 0.240. The molecule has 2 rings (SSSR count). The topological polar surface area (TPSA) is 85.6 Å². The van der Waals surface area contributed by atoms with Gasteiger partial charge < -0.3 is 24.6 Å². The van der Waals surface area contributed by atoms with Gasteiger partial charge in [0.05, 0.1) is 19.9 Å². The summed E-state index contributed by atoms with van der Waals surface area (Å²) in [4.78, 5) is 11.8. The number of carbonyl (C=O) groups is 1.